The summed E-state index contributed by atoms with van der Waals surface area (Å²) >= 11 is 3.60. The van der Waals surface area contributed by atoms with E-state index < -0.39 is 11.3 Å². The van der Waals surface area contributed by atoms with Crippen LogP contribution in [0.5, 0.6) is 5.75 Å². The third kappa shape index (κ3) is 1.91. The van der Waals surface area contributed by atoms with Gasteiger partial charge >= 0.3 is 0 Å². The van der Waals surface area contributed by atoms with E-state index in [0.29, 0.717) is 5.90 Å². The lowest BCUT2D eigenvalue weighted by atomic mass is 9.76. The molecule has 0 aromatic heterocycles. The van der Waals surface area contributed by atoms with Crippen molar-refractivity contribution in [3.8, 4) is 5.75 Å². The van der Waals surface area contributed by atoms with Gasteiger partial charge in [-0.2, -0.15) is 0 Å². The Morgan fingerprint density at radius 1 is 0.808 bits per heavy atom. The van der Waals surface area contributed by atoms with Gasteiger partial charge in [0.05, 0.1) is 5.56 Å². The topological polar surface area (TPSA) is 30.8 Å². The number of ether oxygens (including phenoxy) is 2. The van der Waals surface area contributed by atoms with E-state index in [-0.39, 0.29) is 0 Å². The van der Waals surface area contributed by atoms with Gasteiger partial charge in [-0.05, 0) is 18.2 Å². The van der Waals surface area contributed by atoms with Crippen molar-refractivity contribution < 1.29 is 9.47 Å². The molecule has 0 unspecified atom stereocenters. The smallest absolute Gasteiger partial charge is 0.277 e. The van der Waals surface area contributed by atoms with Gasteiger partial charge in [0.25, 0.3) is 5.72 Å². The first kappa shape index (κ1) is 15.6. The molecule has 2 atom stereocenters. The molecular formula is C22H16BrNO2. The zero-order valence-electron chi connectivity index (χ0n) is 14.1. The number of fused-ring (bicyclic) bond motifs is 3. The van der Waals surface area contributed by atoms with Crippen LogP contribution in [0.3, 0.4) is 0 Å². The van der Waals surface area contributed by atoms with Crippen LogP contribution >= 0.6 is 15.9 Å². The lowest BCUT2D eigenvalue weighted by Gasteiger charge is -2.36. The summed E-state index contributed by atoms with van der Waals surface area (Å²) in [7, 11) is 0. The lowest BCUT2D eigenvalue weighted by Crippen LogP contribution is -2.46. The summed E-state index contributed by atoms with van der Waals surface area (Å²) in [6.45, 7) is 1.88. The number of nitrogens with zero attached hydrogens (tertiary/aromatic N) is 1. The molecule has 0 spiro atoms. The van der Waals surface area contributed by atoms with Crippen molar-refractivity contribution in [2.75, 3.05) is 0 Å². The fourth-order valence-electron chi connectivity index (χ4n) is 4.05. The minimum atomic E-state index is -0.983. The summed E-state index contributed by atoms with van der Waals surface area (Å²) in [6.07, 6.45) is 0. The van der Waals surface area contributed by atoms with E-state index in [1.807, 2.05) is 67.6 Å². The third-order valence-electron chi connectivity index (χ3n) is 5.02. The molecule has 2 aliphatic rings. The van der Waals surface area contributed by atoms with E-state index in [0.717, 1.165) is 26.9 Å². The van der Waals surface area contributed by atoms with Crippen molar-refractivity contribution >= 4 is 21.8 Å². The van der Waals surface area contributed by atoms with Crippen LogP contribution in [0.1, 0.15) is 23.6 Å². The van der Waals surface area contributed by atoms with Crippen molar-refractivity contribution in [2.45, 2.75) is 18.2 Å². The highest BCUT2D eigenvalue weighted by atomic mass is 79.9. The molecule has 0 bridgehead atoms. The summed E-state index contributed by atoms with van der Waals surface area (Å²) in [5, 5.41) is 0. The number of halogens is 1. The second-order valence-electron chi connectivity index (χ2n) is 6.53. The average molecular weight is 406 g/mol. The van der Waals surface area contributed by atoms with E-state index in [1.165, 1.54) is 0 Å². The van der Waals surface area contributed by atoms with Crippen LogP contribution in [0.4, 0.5) is 0 Å². The molecule has 0 radical (unpaired) electrons. The molecule has 0 N–H and O–H groups in total. The molecule has 0 saturated heterocycles. The minimum Gasteiger partial charge on any atom is -0.458 e. The first-order chi connectivity index (χ1) is 12.7. The van der Waals surface area contributed by atoms with Crippen molar-refractivity contribution in [3.63, 3.8) is 0 Å². The molecule has 0 fully saturated rings. The maximum Gasteiger partial charge on any atom is 0.277 e. The molecule has 2 heterocycles. The third-order valence-corrected chi connectivity index (χ3v) is 5.51. The normalized spacial score (nSPS) is 25.7. The summed E-state index contributed by atoms with van der Waals surface area (Å²) in [5.74, 6) is 1.40. The molecular weight excluding hydrogens is 390 g/mol. The Morgan fingerprint density at radius 2 is 1.46 bits per heavy atom. The fourth-order valence-corrected chi connectivity index (χ4v) is 4.41. The van der Waals surface area contributed by atoms with Gasteiger partial charge in [-0.3, -0.25) is 0 Å². The van der Waals surface area contributed by atoms with Crippen LogP contribution < -0.4 is 4.74 Å². The Bertz CT molecular complexity index is 1020. The monoisotopic (exact) mass is 405 g/mol. The molecule has 128 valence electrons. The SMILES string of the molecule is CC1=N[C@]2(c3ccccc3)Oc3ccc(Br)cc3[C@]2(c2ccccc2)O1. The van der Waals surface area contributed by atoms with Gasteiger partial charge in [-0.15, -0.1) is 0 Å². The molecule has 0 aliphatic carbocycles. The predicted octanol–water partition coefficient (Wildman–Crippen LogP) is 5.39. The predicted molar refractivity (Wildman–Crippen MR) is 104 cm³/mol. The Kier molecular flexibility index (Phi) is 3.28. The summed E-state index contributed by atoms with van der Waals surface area (Å²) in [5.41, 5.74) is 1.11. The molecule has 3 aromatic carbocycles. The van der Waals surface area contributed by atoms with Crippen LogP contribution in [0, 0.1) is 0 Å². The standard InChI is InChI=1S/C22H16BrNO2/c1-15-24-22(17-10-6-3-7-11-17)21(25-15,16-8-4-2-5-9-16)19-14-18(23)12-13-20(19)26-22/h2-14H,1H3/t21-,22+/m0/s1. The quantitative estimate of drug-likeness (QED) is 0.572. The van der Waals surface area contributed by atoms with Gasteiger partial charge in [-0.25, -0.2) is 4.99 Å². The Hall–Kier alpha value is -2.59. The molecule has 0 amide bonds. The number of benzene rings is 3. The Balaban J connectivity index is 1.88. The number of hydrogen-bond donors (Lipinski definition) is 0. The Labute approximate surface area is 160 Å². The molecule has 5 rings (SSSR count). The van der Waals surface area contributed by atoms with Crippen molar-refractivity contribution in [2.24, 2.45) is 4.99 Å². The van der Waals surface area contributed by atoms with Crippen LogP contribution in [0.2, 0.25) is 0 Å². The van der Waals surface area contributed by atoms with Gasteiger partial charge < -0.3 is 9.47 Å². The van der Waals surface area contributed by atoms with Crippen LogP contribution in [0.25, 0.3) is 0 Å². The molecule has 2 aliphatic heterocycles. The molecule has 26 heavy (non-hydrogen) atoms. The maximum absolute atomic E-state index is 6.55. The highest BCUT2D eigenvalue weighted by molar-refractivity contribution is 9.10. The van der Waals surface area contributed by atoms with E-state index in [4.69, 9.17) is 14.5 Å². The first-order valence-corrected chi connectivity index (χ1v) is 9.31. The van der Waals surface area contributed by atoms with Gasteiger partial charge in [0.2, 0.25) is 5.60 Å². The Morgan fingerprint density at radius 3 is 2.15 bits per heavy atom. The lowest BCUT2D eigenvalue weighted by molar-refractivity contribution is -0.0489. The highest BCUT2D eigenvalue weighted by Crippen LogP contribution is 2.62. The molecule has 4 heteroatoms. The molecule has 3 aromatic rings. The van der Waals surface area contributed by atoms with Crippen molar-refractivity contribution in [1.29, 1.82) is 0 Å². The van der Waals surface area contributed by atoms with Gasteiger partial charge in [0, 0.05) is 22.5 Å². The summed E-state index contributed by atoms with van der Waals surface area (Å²) < 4.78 is 14.0. The molecule has 3 nitrogen and oxygen atoms in total. The largest absolute Gasteiger partial charge is 0.458 e. The summed E-state index contributed by atoms with van der Waals surface area (Å²) in [6, 6.07) is 26.3. The highest BCUT2D eigenvalue weighted by Gasteiger charge is 2.68. The minimum absolute atomic E-state index is 0.614. The number of hydrogen-bond acceptors (Lipinski definition) is 3. The van der Waals surface area contributed by atoms with Gasteiger partial charge in [0.1, 0.15) is 5.75 Å². The summed E-state index contributed by atoms with van der Waals surface area (Å²) in [4.78, 5) is 4.90. The first-order valence-electron chi connectivity index (χ1n) is 8.51. The molecule has 0 saturated carbocycles. The number of aliphatic imine (C=N–C) groups is 1. The number of rotatable bonds is 2. The van der Waals surface area contributed by atoms with Gasteiger partial charge in [0.15, 0.2) is 5.90 Å². The van der Waals surface area contributed by atoms with Crippen LogP contribution in [-0.2, 0) is 16.1 Å². The zero-order chi connectivity index (χ0) is 17.8. The zero-order valence-corrected chi connectivity index (χ0v) is 15.7. The van der Waals surface area contributed by atoms with E-state index in [9.17, 15) is 0 Å². The second kappa shape index (κ2) is 5.45. The average Bonchev–Trinajstić information content (AvgIpc) is 3.12. The van der Waals surface area contributed by atoms with Gasteiger partial charge in [-0.1, -0.05) is 76.6 Å². The maximum atomic E-state index is 6.55. The van der Waals surface area contributed by atoms with E-state index in [1.54, 1.807) is 0 Å². The second-order valence-corrected chi connectivity index (χ2v) is 7.45. The van der Waals surface area contributed by atoms with E-state index >= 15 is 0 Å². The van der Waals surface area contributed by atoms with Crippen LogP contribution in [-0.4, -0.2) is 5.90 Å². The van der Waals surface area contributed by atoms with Crippen molar-refractivity contribution in [3.05, 3.63) is 100 Å². The van der Waals surface area contributed by atoms with E-state index in [2.05, 4.69) is 34.1 Å². The fraction of sp³-hybridized carbons (Fsp3) is 0.136. The van der Waals surface area contributed by atoms with Crippen LogP contribution in [0.15, 0.2) is 88.3 Å². The van der Waals surface area contributed by atoms with Crippen molar-refractivity contribution in [1.82, 2.24) is 0 Å².